The van der Waals surface area contributed by atoms with Gasteiger partial charge >= 0.3 is 0 Å². The highest BCUT2D eigenvalue weighted by Crippen LogP contribution is 2.21. The van der Waals surface area contributed by atoms with Crippen LogP contribution in [0.3, 0.4) is 0 Å². The summed E-state index contributed by atoms with van der Waals surface area (Å²) in [7, 11) is 0. The monoisotopic (exact) mass is 296 g/mol. The minimum atomic E-state index is -0.315. The third-order valence-corrected chi connectivity index (χ3v) is 3.76. The normalized spacial score (nSPS) is 10.8. The molecular formula is C18H17FN2O. The van der Waals surface area contributed by atoms with Crippen LogP contribution < -0.4 is 0 Å². The van der Waals surface area contributed by atoms with E-state index in [1.165, 1.54) is 12.1 Å². The molecule has 0 radical (unpaired) electrons. The quantitative estimate of drug-likeness (QED) is 0.777. The maximum atomic E-state index is 13.2. The molecule has 112 valence electrons. The fourth-order valence-corrected chi connectivity index (χ4v) is 2.58. The lowest BCUT2D eigenvalue weighted by Gasteiger charge is -2.20. The SMILES string of the molecule is CCN(Cc1ccccc1)C(=O)c1c[nH]c2cc(F)ccc12. The van der Waals surface area contributed by atoms with Gasteiger partial charge in [-0.05, 0) is 30.7 Å². The number of carbonyl (C=O) groups excluding carboxylic acids is 1. The number of rotatable bonds is 4. The minimum absolute atomic E-state index is 0.0517. The number of fused-ring (bicyclic) bond motifs is 1. The van der Waals surface area contributed by atoms with Gasteiger partial charge in [-0.3, -0.25) is 4.79 Å². The Kier molecular flexibility index (Phi) is 3.92. The average Bonchev–Trinajstić information content (AvgIpc) is 2.95. The van der Waals surface area contributed by atoms with Gasteiger partial charge in [0, 0.05) is 30.2 Å². The molecule has 0 atom stereocenters. The van der Waals surface area contributed by atoms with Crippen molar-refractivity contribution in [2.45, 2.75) is 13.5 Å². The molecule has 22 heavy (non-hydrogen) atoms. The minimum Gasteiger partial charge on any atom is -0.360 e. The van der Waals surface area contributed by atoms with Crippen molar-refractivity contribution in [1.29, 1.82) is 0 Å². The Morgan fingerprint density at radius 2 is 1.95 bits per heavy atom. The number of nitrogens with one attached hydrogen (secondary N) is 1. The van der Waals surface area contributed by atoms with E-state index in [9.17, 15) is 9.18 Å². The Hall–Kier alpha value is -2.62. The smallest absolute Gasteiger partial charge is 0.256 e. The van der Waals surface area contributed by atoms with Gasteiger partial charge in [0.05, 0.1) is 5.56 Å². The molecular weight excluding hydrogens is 279 g/mol. The molecule has 3 aromatic rings. The summed E-state index contributed by atoms with van der Waals surface area (Å²) in [6, 6.07) is 14.3. The molecule has 0 unspecified atom stereocenters. The molecule has 3 nitrogen and oxygen atoms in total. The lowest BCUT2D eigenvalue weighted by atomic mass is 10.1. The third kappa shape index (κ3) is 2.72. The molecule has 4 heteroatoms. The number of nitrogens with zero attached hydrogens (tertiary/aromatic N) is 1. The molecule has 0 bridgehead atoms. The van der Waals surface area contributed by atoms with Crippen molar-refractivity contribution in [2.24, 2.45) is 0 Å². The average molecular weight is 296 g/mol. The van der Waals surface area contributed by atoms with Crippen LogP contribution in [0.4, 0.5) is 4.39 Å². The van der Waals surface area contributed by atoms with Crippen LogP contribution in [-0.2, 0) is 6.54 Å². The van der Waals surface area contributed by atoms with E-state index in [-0.39, 0.29) is 11.7 Å². The van der Waals surface area contributed by atoms with Crippen LogP contribution in [0.2, 0.25) is 0 Å². The lowest BCUT2D eigenvalue weighted by molar-refractivity contribution is 0.0754. The molecule has 0 fully saturated rings. The van der Waals surface area contributed by atoms with Crippen molar-refractivity contribution in [2.75, 3.05) is 6.54 Å². The molecule has 3 rings (SSSR count). The molecule has 0 aliphatic carbocycles. The highest BCUT2D eigenvalue weighted by Gasteiger charge is 2.18. The molecule has 0 saturated heterocycles. The van der Waals surface area contributed by atoms with E-state index < -0.39 is 0 Å². The summed E-state index contributed by atoms with van der Waals surface area (Å²) in [6.45, 7) is 3.13. The van der Waals surface area contributed by atoms with Crippen LogP contribution >= 0.6 is 0 Å². The Balaban J connectivity index is 1.90. The number of aromatic amines is 1. The highest BCUT2D eigenvalue weighted by molar-refractivity contribution is 6.06. The van der Waals surface area contributed by atoms with Crippen molar-refractivity contribution in [3.63, 3.8) is 0 Å². The van der Waals surface area contributed by atoms with Gasteiger partial charge < -0.3 is 9.88 Å². The zero-order valence-electron chi connectivity index (χ0n) is 12.3. The Bertz CT molecular complexity index is 795. The van der Waals surface area contributed by atoms with Crippen molar-refractivity contribution in [1.82, 2.24) is 9.88 Å². The topological polar surface area (TPSA) is 36.1 Å². The molecule has 0 saturated carbocycles. The summed E-state index contributed by atoms with van der Waals surface area (Å²) >= 11 is 0. The Morgan fingerprint density at radius 1 is 1.18 bits per heavy atom. The zero-order chi connectivity index (χ0) is 15.5. The molecule has 0 spiro atoms. The maximum Gasteiger partial charge on any atom is 0.256 e. The number of halogens is 1. The predicted octanol–water partition coefficient (Wildman–Crippen LogP) is 3.97. The number of hydrogen-bond acceptors (Lipinski definition) is 1. The molecule has 0 aliphatic rings. The molecule has 0 aliphatic heterocycles. The van der Waals surface area contributed by atoms with Gasteiger partial charge in [-0.2, -0.15) is 0 Å². The van der Waals surface area contributed by atoms with Gasteiger partial charge in [0.25, 0.3) is 5.91 Å². The van der Waals surface area contributed by atoms with Gasteiger partial charge in [-0.1, -0.05) is 30.3 Å². The Morgan fingerprint density at radius 3 is 2.68 bits per heavy atom. The molecule has 2 aromatic carbocycles. The number of hydrogen-bond donors (Lipinski definition) is 1. The van der Waals surface area contributed by atoms with Crippen LogP contribution in [0.15, 0.2) is 54.7 Å². The fraction of sp³-hybridized carbons (Fsp3) is 0.167. The molecule has 1 amide bonds. The fourth-order valence-electron chi connectivity index (χ4n) is 2.58. The lowest BCUT2D eigenvalue weighted by Crippen LogP contribution is -2.30. The first-order valence-electron chi connectivity index (χ1n) is 7.29. The van der Waals surface area contributed by atoms with Crippen LogP contribution in [-0.4, -0.2) is 22.3 Å². The summed E-state index contributed by atoms with van der Waals surface area (Å²) in [5.41, 5.74) is 2.30. The number of carbonyl (C=O) groups is 1. The first-order valence-corrected chi connectivity index (χ1v) is 7.29. The zero-order valence-corrected chi connectivity index (χ0v) is 12.3. The second-order valence-corrected chi connectivity index (χ2v) is 5.20. The molecule has 1 aromatic heterocycles. The van der Waals surface area contributed by atoms with Crippen molar-refractivity contribution in [3.8, 4) is 0 Å². The number of aromatic nitrogens is 1. The van der Waals surface area contributed by atoms with Gasteiger partial charge in [-0.25, -0.2) is 4.39 Å². The van der Waals surface area contributed by atoms with Gasteiger partial charge in [0.1, 0.15) is 5.82 Å². The second-order valence-electron chi connectivity index (χ2n) is 5.20. The van der Waals surface area contributed by atoms with Crippen molar-refractivity contribution in [3.05, 3.63) is 71.7 Å². The van der Waals surface area contributed by atoms with E-state index in [4.69, 9.17) is 0 Å². The van der Waals surface area contributed by atoms with E-state index in [1.807, 2.05) is 37.3 Å². The van der Waals surface area contributed by atoms with Gasteiger partial charge in [-0.15, -0.1) is 0 Å². The predicted molar refractivity (Wildman–Crippen MR) is 85.1 cm³/mol. The van der Waals surface area contributed by atoms with Crippen molar-refractivity contribution < 1.29 is 9.18 Å². The highest BCUT2D eigenvalue weighted by atomic mass is 19.1. The summed E-state index contributed by atoms with van der Waals surface area (Å²) in [4.78, 5) is 17.5. The maximum absolute atomic E-state index is 13.2. The van der Waals surface area contributed by atoms with Crippen LogP contribution in [0.1, 0.15) is 22.8 Å². The first kappa shape index (κ1) is 14.3. The number of benzene rings is 2. The summed E-state index contributed by atoms with van der Waals surface area (Å²) in [6.07, 6.45) is 1.65. The summed E-state index contributed by atoms with van der Waals surface area (Å²) < 4.78 is 13.2. The van der Waals surface area contributed by atoms with Gasteiger partial charge in [0.15, 0.2) is 0 Å². The van der Waals surface area contributed by atoms with Crippen LogP contribution in [0.25, 0.3) is 10.9 Å². The van der Waals surface area contributed by atoms with E-state index in [1.54, 1.807) is 17.2 Å². The molecule has 1 N–H and O–H groups in total. The standard InChI is InChI=1S/C18H17FN2O/c1-2-21(12-13-6-4-3-5-7-13)18(22)16-11-20-17-10-14(19)8-9-15(16)17/h3-11,20H,2,12H2,1H3. The van der Waals surface area contributed by atoms with E-state index in [0.29, 0.717) is 24.2 Å². The van der Waals surface area contributed by atoms with Crippen LogP contribution in [0, 0.1) is 5.82 Å². The van der Waals surface area contributed by atoms with Crippen LogP contribution in [0.5, 0.6) is 0 Å². The second kappa shape index (κ2) is 6.02. The largest absolute Gasteiger partial charge is 0.360 e. The summed E-state index contributed by atoms with van der Waals surface area (Å²) in [5, 5.41) is 0.748. The third-order valence-electron chi connectivity index (χ3n) is 3.76. The van der Waals surface area contributed by atoms with E-state index in [0.717, 1.165) is 10.9 Å². The van der Waals surface area contributed by atoms with E-state index in [2.05, 4.69) is 4.98 Å². The van der Waals surface area contributed by atoms with Gasteiger partial charge in [0.2, 0.25) is 0 Å². The first-order chi connectivity index (χ1) is 10.7. The molecule has 1 heterocycles. The summed E-state index contributed by atoms with van der Waals surface area (Å²) in [5.74, 6) is -0.366. The Labute approximate surface area is 128 Å². The van der Waals surface area contributed by atoms with Crippen molar-refractivity contribution >= 4 is 16.8 Å². The number of H-pyrrole nitrogens is 1. The number of amides is 1. The van der Waals surface area contributed by atoms with E-state index >= 15 is 0 Å².